The SMILES string of the molecule is Cc1nccn1CCNc1ccc(CC#N)cc1. The summed E-state index contributed by atoms with van der Waals surface area (Å²) in [7, 11) is 0. The summed E-state index contributed by atoms with van der Waals surface area (Å²) in [5.74, 6) is 1.03. The van der Waals surface area contributed by atoms with Crippen LogP contribution in [0.5, 0.6) is 0 Å². The summed E-state index contributed by atoms with van der Waals surface area (Å²) < 4.78 is 2.11. The molecule has 0 saturated carbocycles. The van der Waals surface area contributed by atoms with E-state index < -0.39 is 0 Å². The molecular formula is C14H16N4. The Morgan fingerprint density at radius 3 is 2.72 bits per heavy atom. The number of nitriles is 1. The molecule has 0 bridgehead atoms. The smallest absolute Gasteiger partial charge is 0.105 e. The summed E-state index contributed by atoms with van der Waals surface area (Å²) in [6.45, 7) is 3.75. The number of nitrogens with one attached hydrogen (secondary N) is 1. The van der Waals surface area contributed by atoms with Crippen molar-refractivity contribution < 1.29 is 0 Å². The highest BCUT2D eigenvalue weighted by Crippen LogP contribution is 2.09. The molecule has 4 heteroatoms. The van der Waals surface area contributed by atoms with Gasteiger partial charge in [-0.25, -0.2) is 4.98 Å². The van der Waals surface area contributed by atoms with Crippen LogP contribution in [-0.4, -0.2) is 16.1 Å². The molecule has 0 unspecified atom stereocenters. The van der Waals surface area contributed by atoms with Gasteiger partial charge in [0.15, 0.2) is 0 Å². The van der Waals surface area contributed by atoms with Crippen molar-refractivity contribution in [2.45, 2.75) is 19.9 Å². The summed E-state index contributed by atoms with van der Waals surface area (Å²) in [5, 5.41) is 11.9. The molecule has 2 aromatic rings. The van der Waals surface area contributed by atoms with Gasteiger partial charge >= 0.3 is 0 Å². The highest BCUT2D eigenvalue weighted by molar-refractivity contribution is 5.44. The third kappa shape index (κ3) is 3.11. The minimum atomic E-state index is 0.467. The fraction of sp³-hybridized carbons (Fsp3) is 0.286. The molecule has 0 radical (unpaired) electrons. The Labute approximate surface area is 107 Å². The highest BCUT2D eigenvalue weighted by Gasteiger charge is 1.97. The zero-order valence-corrected chi connectivity index (χ0v) is 10.4. The molecule has 1 aromatic heterocycles. The van der Waals surface area contributed by atoms with Crippen molar-refractivity contribution >= 4 is 5.69 Å². The number of anilines is 1. The zero-order chi connectivity index (χ0) is 12.8. The second-order valence-electron chi connectivity index (χ2n) is 4.13. The Balaban J connectivity index is 1.83. The molecule has 1 aromatic carbocycles. The van der Waals surface area contributed by atoms with Crippen LogP contribution in [0.1, 0.15) is 11.4 Å². The van der Waals surface area contributed by atoms with E-state index in [4.69, 9.17) is 5.26 Å². The van der Waals surface area contributed by atoms with Gasteiger partial charge in [0.05, 0.1) is 12.5 Å². The number of rotatable bonds is 5. The van der Waals surface area contributed by atoms with Gasteiger partial charge in [0.1, 0.15) is 5.82 Å². The zero-order valence-electron chi connectivity index (χ0n) is 10.4. The Morgan fingerprint density at radius 2 is 2.11 bits per heavy atom. The van der Waals surface area contributed by atoms with E-state index in [0.29, 0.717) is 6.42 Å². The fourth-order valence-corrected chi connectivity index (χ4v) is 1.79. The summed E-state index contributed by atoms with van der Waals surface area (Å²) in [6, 6.07) is 10.1. The summed E-state index contributed by atoms with van der Waals surface area (Å²) in [5.41, 5.74) is 2.13. The summed E-state index contributed by atoms with van der Waals surface area (Å²) >= 11 is 0. The second-order valence-corrected chi connectivity index (χ2v) is 4.13. The van der Waals surface area contributed by atoms with Crippen molar-refractivity contribution in [1.29, 1.82) is 5.26 Å². The molecule has 1 N–H and O–H groups in total. The predicted octanol–water partition coefficient (Wildman–Crippen LogP) is 2.37. The number of hydrogen-bond acceptors (Lipinski definition) is 3. The molecule has 0 aliphatic rings. The molecule has 0 spiro atoms. The number of nitrogens with zero attached hydrogens (tertiary/aromatic N) is 3. The van der Waals surface area contributed by atoms with E-state index in [1.807, 2.05) is 43.6 Å². The Morgan fingerprint density at radius 1 is 1.33 bits per heavy atom. The van der Waals surface area contributed by atoms with Gasteiger partial charge in [0, 0.05) is 31.2 Å². The van der Waals surface area contributed by atoms with Gasteiger partial charge in [0.25, 0.3) is 0 Å². The third-order valence-corrected chi connectivity index (χ3v) is 2.84. The van der Waals surface area contributed by atoms with Gasteiger partial charge in [-0.3, -0.25) is 0 Å². The van der Waals surface area contributed by atoms with Crippen LogP contribution >= 0.6 is 0 Å². The first-order valence-corrected chi connectivity index (χ1v) is 5.97. The average molecular weight is 240 g/mol. The number of benzene rings is 1. The minimum Gasteiger partial charge on any atom is -0.383 e. The molecule has 0 saturated heterocycles. The molecule has 0 fully saturated rings. The molecular weight excluding hydrogens is 224 g/mol. The van der Waals surface area contributed by atoms with Gasteiger partial charge in [-0.05, 0) is 24.6 Å². The van der Waals surface area contributed by atoms with Crippen molar-refractivity contribution in [3.63, 3.8) is 0 Å². The van der Waals surface area contributed by atoms with Crippen molar-refractivity contribution in [1.82, 2.24) is 9.55 Å². The van der Waals surface area contributed by atoms with E-state index in [1.165, 1.54) is 0 Å². The van der Waals surface area contributed by atoms with Gasteiger partial charge in [-0.1, -0.05) is 12.1 Å². The fourth-order valence-electron chi connectivity index (χ4n) is 1.79. The molecule has 4 nitrogen and oxygen atoms in total. The lowest BCUT2D eigenvalue weighted by Crippen LogP contribution is -2.10. The monoisotopic (exact) mass is 240 g/mol. The van der Waals surface area contributed by atoms with Crippen LogP contribution in [0.3, 0.4) is 0 Å². The molecule has 92 valence electrons. The Kier molecular flexibility index (Phi) is 3.98. The van der Waals surface area contributed by atoms with Crippen molar-refractivity contribution in [2.75, 3.05) is 11.9 Å². The van der Waals surface area contributed by atoms with E-state index in [0.717, 1.165) is 30.2 Å². The van der Waals surface area contributed by atoms with Crippen LogP contribution in [0.15, 0.2) is 36.7 Å². The van der Waals surface area contributed by atoms with Gasteiger partial charge < -0.3 is 9.88 Å². The first kappa shape index (κ1) is 12.2. The maximum absolute atomic E-state index is 8.59. The molecule has 2 rings (SSSR count). The van der Waals surface area contributed by atoms with Gasteiger partial charge in [-0.15, -0.1) is 0 Å². The summed E-state index contributed by atoms with van der Waals surface area (Å²) in [6.07, 6.45) is 4.26. The quantitative estimate of drug-likeness (QED) is 0.873. The van der Waals surface area contributed by atoms with Crippen LogP contribution < -0.4 is 5.32 Å². The number of hydrogen-bond donors (Lipinski definition) is 1. The van der Waals surface area contributed by atoms with Crippen LogP contribution in [0.2, 0.25) is 0 Å². The molecule has 0 aliphatic heterocycles. The Hall–Kier alpha value is -2.28. The largest absolute Gasteiger partial charge is 0.383 e. The van der Waals surface area contributed by atoms with Gasteiger partial charge in [0.2, 0.25) is 0 Å². The molecule has 0 atom stereocenters. The maximum atomic E-state index is 8.59. The lowest BCUT2D eigenvalue weighted by atomic mass is 10.1. The first-order chi connectivity index (χ1) is 8.79. The number of imidazole rings is 1. The van der Waals surface area contributed by atoms with Crippen LogP contribution in [0, 0.1) is 18.3 Å². The lowest BCUT2D eigenvalue weighted by molar-refractivity contribution is 0.701. The Bertz CT molecular complexity index is 534. The highest BCUT2D eigenvalue weighted by atomic mass is 15.1. The molecule has 0 amide bonds. The molecule has 1 heterocycles. The minimum absolute atomic E-state index is 0.467. The van der Waals surface area contributed by atoms with Crippen LogP contribution in [0.25, 0.3) is 0 Å². The predicted molar refractivity (Wildman–Crippen MR) is 71.2 cm³/mol. The van der Waals surface area contributed by atoms with Crippen molar-refractivity contribution in [3.8, 4) is 6.07 Å². The van der Waals surface area contributed by atoms with Crippen molar-refractivity contribution in [3.05, 3.63) is 48.0 Å². The number of aromatic nitrogens is 2. The van der Waals surface area contributed by atoms with Gasteiger partial charge in [-0.2, -0.15) is 5.26 Å². The van der Waals surface area contributed by atoms with Crippen LogP contribution in [0.4, 0.5) is 5.69 Å². The van der Waals surface area contributed by atoms with E-state index in [1.54, 1.807) is 0 Å². The molecule has 18 heavy (non-hydrogen) atoms. The summed E-state index contributed by atoms with van der Waals surface area (Å²) in [4.78, 5) is 4.18. The third-order valence-electron chi connectivity index (χ3n) is 2.84. The first-order valence-electron chi connectivity index (χ1n) is 5.97. The maximum Gasteiger partial charge on any atom is 0.105 e. The van der Waals surface area contributed by atoms with E-state index in [-0.39, 0.29) is 0 Å². The van der Waals surface area contributed by atoms with E-state index in [9.17, 15) is 0 Å². The normalized spacial score (nSPS) is 10.0. The average Bonchev–Trinajstić information content (AvgIpc) is 2.78. The topological polar surface area (TPSA) is 53.6 Å². The number of aryl methyl sites for hydroxylation is 1. The van der Waals surface area contributed by atoms with Crippen LogP contribution in [-0.2, 0) is 13.0 Å². The molecule has 0 aliphatic carbocycles. The standard InChI is InChI=1S/C14H16N4/c1-12-16-8-10-18(12)11-9-17-14-4-2-13(3-5-14)6-7-15/h2-5,8,10,17H,6,9,11H2,1H3. The lowest BCUT2D eigenvalue weighted by Gasteiger charge is -2.08. The van der Waals surface area contributed by atoms with E-state index in [2.05, 4.69) is 20.9 Å². The van der Waals surface area contributed by atoms with Crippen molar-refractivity contribution in [2.24, 2.45) is 0 Å². The second kappa shape index (κ2) is 5.87. The van der Waals surface area contributed by atoms with E-state index >= 15 is 0 Å².